The van der Waals surface area contributed by atoms with E-state index in [1.165, 1.54) is 15.9 Å². The summed E-state index contributed by atoms with van der Waals surface area (Å²) >= 11 is 0. The molecule has 53 heavy (non-hydrogen) atoms. The Kier molecular flexibility index (Phi) is 15.2. The van der Waals surface area contributed by atoms with E-state index < -0.39 is 19.1 Å². The maximum atomic E-state index is 13.4. The lowest BCUT2D eigenvalue weighted by atomic mass is 9.60. The number of carbonyl (C=O) groups excluding carboxylic acids is 2. The number of ether oxygens (including phenoxy) is 2. The summed E-state index contributed by atoms with van der Waals surface area (Å²) in [5, 5.41) is 2.36. The van der Waals surface area contributed by atoms with E-state index in [-0.39, 0.29) is 58.8 Å². The molecule has 0 amide bonds. The van der Waals surface area contributed by atoms with Crippen molar-refractivity contribution < 1.29 is 23.5 Å². The molecule has 2 aromatic rings. The summed E-state index contributed by atoms with van der Waals surface area (Å²) in [6.07, 6.45) is 6.28. The molecule has 0 heterocycles. The van der Waals surface area contributed by atoms with Gasteiger partial charge < -0.3 is 13.9 Å². The van der Waals surface area contributed by atoms with Gasteiger partial charge in [-0.2, -0.15) is 0 Å². The molecule has 1 aliphatic rings. The number of rotatable bonds is 14. The number of benzene rings is 2. The lowest BCUT2D eigenvalue weighted by Gasteiger charge is -2.51. The molecule has 6 heteroatoms. The van der Waals surface area contributed by atoms with Gasteiger partial charge in [-0.1, -0.05) is 113 Å². The number of carbonyl (C=O) groups is 2. The topological polar surface area (TPSA) is 61.8 Å². The SMILES string of the molecule is C=C[C@H](C(C)C)[C@H](CC(C)OC(=O)C(C)(C)C)[C@H]1C[C@H](O[Si](c2ccccc2)(c2ccccc2)C(C)(C)C)C[C@@H](/C(C)=C/C)[C@H]1COC(=O)C(C)(C)C. The second-order valence-corrected chi connectivity index (χ2v) is 23.4. The lowest BCUT2D eigenvalue weighted by Crippen LogP contribution is -2.68. The third-order valence-electron chi connectivity index (χ3n) is 11.5. The Balaban J connectivity index is 2.28. The normalized spacial score (nSPS) is 22.1. The largest absolute Gasteiger partial charge is 0.465 e. The standard InChI is InChI=1S/C47H72O5Si/c1-16-33(5)39-29-35(52-53(47(13,14)15,36-24-20-18-21-25-36)37-26-22-19-23-27-37)30-41(42(39)31-50-43(48)45(7,8)9)40(38(17-2)32(3)4)28-34(6)51-44(49)46(10,11)12/h16-27,32,34-35,38-42H,2,28-31H2,1,3-15H3/b33-16+/t34?,35-,38-,39+,40+,41-,42-/m1/s1. The van der Waals surface area contributed by atoms with Gasteiger partial charge >= 0.3 is 11.9 Å². The van der Waals surface area contributed by atoms with Gasteiger partial charge in [-0.05, 0) is 127 Å². The first kappa shape index (κ1) is 44.4. The van der Waals surface area contributed by atoms with E-state index in [0.717, 1.165) is 12.8 Å². The molecule has 1 fully saturated rings. The molecule has 294 valence electrons. The molecular formula is C47H72O5Si. The molecule has 0 radical (unpaired) electrons. The highest BCUT2D eigenvalue weighted by Crippen LogP contribution is 2.50. The minimum absolute atomic E-state index is 0.0493. The summed E-state index contributed by atoms with van der Waals surface area (Å²) in [4.78, 5) is 26.5. The van der Waals surface area contributed by atoms with Gasteiger partial charge in [0.05, 0.1) is 23.5 Å². The Labute approximate surface area is 324 Å². The van der Waals surface area contributed by atoms with Crippen molar-refractivity contribution in [2.75, 3.05) is 6.61 Å². The quantitative estimate of drug-likeness (QED) is 0.109. The minimum atomic E-state index is -2.89. The van der Waals surface area contributed by atoms with Gasteiger partial charge in [-0.15, -0.1) is 6.58 Å². The van der Waals surface area contributed by atoms with Crippen LogP contribution in [0.3, 0.4) is 0 Å². The van der Waals surface area contributed by atoms with Crippen molar-refractivity contribution in [1.29, 1.82) is 0 Å². The minimum Gasteiger partial charge on any atom is -0.465 e. The van der Waals surface area contributed by atoms with Crippen molar-refractivity contribution in [2.24, 2.45) is 46.3 Å². The summed E-state index contributed by atoms with van der Waals surface area (Å²) in [5.41, 5.74) is 0.0750. The van der Waals surface area contributed by atoms with E-state index in [4.69, 9.17) is 13.9 Å². The van der Waals surface area contributed by atoms with Crippen LogP contribution in [0.2, 0.25) is 5.04 Å². The Morgan fingerprint density at radius 3 is 1.75 bits per heavy atom. The molecule has 1 saturated carbocycles. The van der Waals surface area contributed by atoms with Gasteiger partial charge in [0.1, 0.15) is 0 Å². The van der Waals surface area contributed by atoms with Crippen LogP contribution >= 0.6 is 0 Å². The molecule has 0 N–H and O–H groups in total. The fraction of sp³-hybridized carbons (Fsp3) is 0.617. The van der Waals surface area contributed by atoms with E-state index in [1.807, 2.05) is 48.5 Å². The fourth-order valence-corrected chi connectivity index (χ4v) is 13.3. The summed E-state index contributed by atoms with van der Waals surface area (Å²) < 4.78 is 20.3. The van der Waals surface area contributed by atoms with E-state index in [9.17, 15) is 9.59 Å². The zero-order chi connectivity index (χ0) is 39.9. The summed E-state index contributed by atoms with van der Waals surface area (Å²) in [6, 6.07) is 21.8. The highest BCUT2D eigenvalue weighted by molar-refractivity contribution is 6.99. The van der Waals surface area contributed by atoms with Crippen LogP contribution in [0.15, 0.2) is 85.0 Å². The summed E-state index contributed by atoms with van der Waals surface area (Å²) in [7, 11) is -2.89. The van der Waals surface area contributed by atoms with Crippen molar-refractivity contribution in [3.63, 3.8) is 0 Å². The number of hydrogen-bond acceptors (Lipinski definition) is 5. The van der Waals surface area contributed by atoms with Crippen molar-refractivity contribution >= 4 is 30.6 Å². The molecule has 5 nitrogen and oxygen atoms in total. The first-order valence-corrected chi connectivity index (χ1v) is 21.9. The third kappa shape index (κ3) is 10.8. The second kappa shape index (κ2) is 18.1. The van der Waals surface area contributed by atoms with Gasteiger partial charge in [0.25, 0.3) is 8.32 Å². The molecule has 0 aromatic heterocycles. The van der Waals surface area contributed by atoms with E-state index in [1.54, 1.807) is 0 Å². The monoisotopic (exact) mass is 745 g/mol. The number of hydrogen-bond donors (Lipinski definition) is 0. The molecule has 0 spiro atoms. The van der Waals surface area contributed by atoms with Crippen LogP contribution in [0.1, 0.15) is 116 Å². The highest BCUT2D eigenvalue weighted by Gasteiger charge is 2.54. The molecule has 0 aliphatic heterocycles. The third-order valence-corrected chi connectivity index (χ3v) is 16.6. The predicted molar refractivity (Wildman–Crippen MR) is 224 cm³/mol. The van der Waals surface area contributed by atoms with Crippen LogP contribution in [-0.4, -0.2) is 39.1 Å². The zero-order valence-electron chi connectivity index (χ0n) is 35.6. The van der Waals surface area contributed by atoms with E-state index in [2.05, 4.69) is 128 Å². The number of allylic oxidation sites excluding steroid dienone is 3. The molecule has 1 aliphatic carbocycles. The Morgan fingerprint density at radius 1 is 0.830 bits per heavy atom. The van der Waals surface area contributed by atoms with Crippen LogP contribution < -0.4 is 10.4 Å². The van der Waals surface area contributed by atoms with Gasteiger partial charge in [-0.25, -0.2) is 0 Å². The fourth-order valence-electron chi connectivity index (χ4n) is 8.58. The Bertz CT molecular complexity index is 1470. The smallest absolute Gasteiger partial charge is 0.311 e. The Morgan fingerprint density at radius 2 is 1.34 bits per heavy atom. The summed E-state index contributed by atoms with van der Waals surface area (Å²) in [6.45, 7) is 34.0. The van der Waals surface area contributed by atoms with Gasteiger partial charge in [-0.3, -0.25) is 9.59 Å². The Hall–Kier alpha value is -2.96. The molecule has 1 unspecified atom stereocenters. The molecule has 0 bridgehead atoms. The first-order chi connectivity index (χ1) is 24.6. The van der Waals surface area contributed by atoms with E-state index in [0.29, 0.717) is 18.9 Å². The lowest BCUT2D eigenvalue weighted by molar-refractivity contribution is -0.161. The van der Waals surface area contributed by atoms with Gasteiger partial charge in [0.15, 0.2) is 0 Å². The maximum absolute atomic E-state index is 13.4. The van der Waals surface area contributed by atoms with Gasteiger partial charge in [0, 0.05) is 12.0 Å². The second-order valence-electron chi connectivity index (χ2n) is 19.1. The zero-order valence-corrected chi connectivity index (χ0v) is 36.6. The average molecular weight is 745 g/mol. The molecule has 0 saturated heterocycles. The molecule has 7 atom stereocenters. The average Bonchev–Trinajstić information content (AvgIpc) is 3.08. The summed E-state index contributed by atoms with van der Waals surface area (Å²) in [5.74, 6) is 0.447. The van der Waals surface area contributed by atoms with E-state index >= 15 is 0 Å². The van der Waals surface area contributed by atoms with Crippen molar-refractivity contribution in [1.82, 2.24) is 0 Å². The van der Waals surface area contributed by atoms with Crippen LogP contribution in [-0.2, 0) is 23.5 Å². The van der Waals surface area contributed by atoms with Crippen LogP contribution in [0.5, 0.6) is 0 Å². The molecule has 3 rings (SSSR count). The van der Waals surface area contributed by atoms with Crippen LogP contribution in [0, 0.1) is 46.3 Å². The molecule has 2 aromatic carbocycles. The van der Waals surface area contributed by atoms with Gasteiger partial charge in [0.2, 0.25) is 0 Å². The number of esters is 2. The van der Waals surface area contributed by atoms with Crippen molar-refractivity contribution in [3.8, 4) is 0 Å². The predicted octanol–water partition coefficient (Wildman–Crippen LogP) is 10.6. The van der Waals surface area contributed by atoms with Crippen LogP contribution in [0.4, 0.5) is 0 Å². The first-order valence-electron chi connectivity index (χ1n) is 20.0. The van der Waals surface area contributed by atoms with Crippen molar-refractivity contribution in [2.45, 2.75) is 133 Å². The highest BCUT2D eigenvalue weighted by atomic mass is 28.4. The van der Waals surface area contributed by atoms with Crippen molar-refractivity contribution in [3.05, 3.63) is 85.0 Å². The molecular weight excluding hydrogens is 673 g/mol. The van der Waals surface area contributed by atoms with Crippen LogP contribution in [0.25, 0.3) is 0 Å². The maximum Gasteiger partial charge on any atom is 0.311 e.